The van der Waals surface area contributed by atoms with Crippen molar-refractivity contribution in [3.05, 3.63) is 57.9 Å². The second-order valence-corrected chi connectivity index (χ2v) is 13.5. The van der Waals surface area contributed by atoms with E-state index >= 15 is 8.78 Å². The van der Waals surface area contributed by atoms with Gasteiger partial charge in [0.05, 0.1) is 35.8 Å². The molecule has 4 aliphatic rings. The van der Waals surface area contributed by atoms with E-state index in [2.05, 4.69) is 10.3 Å². The van der Waals surface area contributed by atoms with Gasteiger partial charge >= 0.3 is 12.1 Å². The average Bonchev–Trinajstić information content (AvgIpc) is 3.75. The van der Waals surface area contributed by atoms with Gasteiger partial charge in [-0.15, -0.1) is 0 Å². The Hall–Kier alpha value is -5.32. The summed E-state index contributed by atoms with van der Waals surface area (Å²) < 4.78 is 37.9. The fourth-order valence-corrected chi connectivity index (χ4v) is 7.22. The molecule has 0 spiro atoms. The Bertz CT molecular complexity index is 1980. The number of carbonyl (C=O) groups excluding carboxylic acids is 3. The van der Waals surface area contributed by atoms with Crippen LogP contribution in [0.2, 0.25) is 0 Å². The van der Waals surface area contributed by atoms with Crippen LogP contribution < -0.4 is 31.2 Å². The maximum absolute atomic E-state index is 15.6. The molecule has 1 aromatic carbocycles. The number of cyclic esters (lactones) is 1. The summed E-state index contributed by atoms with van der Waals surface area (Å²) in [5.74, 6) is -3.98. The molecule has 15 nitrogen and oxygen atoms in total. The van der Waals surface area contributed by atoms with Crippen LogP contribution in [0, 0.1) is 23.5 Å². The Morgan fingerprint density at radius 3 is 2.41 bits per heavy atom. The van der Waals surface area contributed by atoms with Gasteiger partial charge in [-0.3, -0.25) is 19.3 Å². The Kier molecular flexibility index (Phi) is 8.99. The van der Waals surface area contributed by atoms with Gasteiger partial charge in [0.15, 0.2) is 11.6 Å². The highest BCUT2D eigenvalue weighted by atomic mass is 19.1. The first-order valence-corrected chi connectivity index (χ1v) is 16.9. The molecule has 4 N–H and O–H groups in total. The summed E-state index contributed by atoms with van der Waals surface area (Å²) in [6.07, 6.45) is 1.66. The van der Waals surface area contributed by atoms with Crippen LogP contribution in [0.5, 0.6) is 0 Å². The van der Waals surface area contributed by atoms with Gasteiger partial charge in [0.2, 0.25) is 17.2 Å². The molecule has 2 aromatic heterocycles. The third-order valence-electron chi connectivity index (χ3n) is 10.1. The van der Waals surface area contributed by atoms with Crippen molar-refractivity contribution in [1.82, 2.24) is 19.8 Å². The Morgan fingerprint density at radius 2 is 1.76 bits per heavy atom. The van der Waals surface area contributed by atoms with E-state index < -0.39 is 46.7 Å². The van der Waals surface area contributed by atoms with Crippen LogP contribution in [-0.2, 0) is 14.3 Å². The van der Waals surface area contributed by atoms with Gasteiger partial charge in [0.1, 0.15) is 23.1 Å². The highest BCUT2D eigenvalue weighted by molar-refractivity contribution is 5.92. The van der Waals surface area contributed by atoms with Crippen LogP contribution in [0.4, 0.5) is 30.8 Å². The summed E-state index contributed by atoms with van der Waals surface area (Å²) in [6.45, 7) is 3.62. The minimum atomic E-state index is -1.39. The van der Waals surface area contributed by atoms with Gasteiger partial charge in [-0.05, 0) is 43.7 Å². The topological polar surface area (TPSA) is 184 Å². The molecule has 17 heteroatoms. The molecular formula is C34H38F2N8O7. The Labute approximate surface area is 290 Å². The number of anilines is 3. The first-order valence-electron chi connectivity index (χ1n) is 16.9. The second-order valence-electron chi connectivity index (χ2n) is 13.5. The maximum Gasteiger partial charge on any atom is 0.414 e. The van der Waals surface area contributed by atoms with E-state index in [1.807, 2.05) is 4.90 Å². The van der Waals surface area contributed by atoms with Gasteiger partial charge in [-0.25, -0.2) is 23.4 Å². The van der Waals surface area contributed by atoms with Gasteiger partial charge in [0, 0.05) is 64.3 Å². The third-order valence-corrected chi connectivity index (χ3v) is 10.1. The summed E-state index contributed by atoms with van der Waals surface area (Å²) in [5.41, 5.74) is 5.72. The molecule has 1 unspecified atom stereocenters. The molecule has 3 atom stereocenters. The number of hydrogen-bond acceptors (Lipinski definition) is 10. The van der Waals surface area contributed by atoms with Crippen LogP contribution in [-0.4, -0.2) is 108 Å². The third kappa shape index (κ3) is 6.53. The summed E-state index contributed by atoms with van der Waals surface area (Å²) in [5, 5.41) is 12.0. The zero-order valence-corrected chi connectivity index (χ0v) is 27.9. The molecule has 1 aliphatic carbocycles. The van der Waals surface area contributed by atoms with Crippen molar-refractivity contribution in [2.45, 2.75) is 31.9 Å². The number of fused-ring (bicyclic) bond motifs is 1. The molecule has 3 amide bonds. The summed E-state index contributed by atoms with van der Waals surface area (Å²) in [4.78, 5) is 73.1. The van der Waals surface area contributed by atoms with Crippen molar-refractivity contribution in [3.63, 3.8) is 0 Å². The normalized spacial score (nSPS) is 22.1. The van der Waals surface area contributed by atoms with E-state index in [1.165, 1.54) is 24.1 Å². The molecule has 3 aromatic rings. The number of aromatic carboxylic acids is 1. The monoisotopic (exact) mass is 708 g/mol. The highest BCUT2D eigenvalue weighted by Crippen LogP contribution is 2.38. The van der Waals surface area contributed by atoms with Gasteiger partial charge in [-0.2, -0.15) is 0 Å². The summed E-state index contributed by atoms with van der Waals surface area (Å²) in [7, 11) is 0. The largest absolute Gasteiger partial charge is 0.477 e. The van der Waals surface area contributed by atoms with E-state index in [0.717, 1.165) is 18.9 Å². The molecule has 4 fully saturated rings. The standard InChI is InChI=1S/C34H38F2N8O7/c1-18(45)38-13-22-15-44(34(50)51-22)21-4-5-28(26(35)10-21)40-6-8-41(9-7-40)32(47)24-16-42(14-19(24)12-37)31-27(36)11-23-29(46)25(33(48)49)17-43(20-2-3-20)30(23)39-31/h4-5,10-11,17,19-20,22,24H,2-3,6-9,12-16,37H2,1H3,(H,38,45)(H,48,49)/t19-,22-,24?/m1/s1. The number of rotatable bonds is 9. The summed E-state index contributed by atoms with van der Waals surface area (Å²) in [6, 6.07) is 5.48. The number of nitrogens with one attached hydrogen (secondary N) is 1. The van der Waals surface area contributed by atoms with Gasteiger partial charge in [-0.1, -0.05) is 0 Å². The van der Waals surface area contributed by atoms with E-state index in [9.17, 15) is 29.1 Å². The number of aromatic nitrogens is 2. The lowest BCUT2D eigenvalue weighted by atomic mass is 9.94. The Morgan fingerprint density at radius 1 is 1.02 bits per heavy atom. The van der Waals surface area contributed by atoms with E-state index in [-0.39, 0.29) is 73.3 Å². The SMILES string of the molecule is CC(=O)NC[C@@H]1CN(c2ccc(N3CCN(C(=O)C4CN(c5nc6c(cc5F)c(=O)c(C(=O)O)cn6C5CC5)C[C@H]4CN)CC3)c(F)c2)C(=O)O1. The van der Waals surface area contributed by atoms with Gasteiger partial charge < -0.3 is 40.2 Å². The number of halogens is 2. The zero-order valence-electron chi connectivity index (χ0n) is 27.9. The fraction of sp³-hybridized carbons (Fsp3) is 0.471. The summed E-state index contributed by atoms with van der Waals surface area (Å²) >= 11 is 0. The van der Waals surface area contributed by atoms with Crippen LogP contribution in [0.3, 0.4) is 0 Å². The number of nitrogens with zero attached hydrogens (tertiary/aromatic N) is 6. The minimum absolute atomic E-state index is 0.0256. The highest BCUT2D eigenvalue weighted by Gasteiger charge is 2.41. The smallest absolute Gasteiger partial charge is 0.414 e. The van der Waals surface area contributed by atoms with E-state index in [4.69, 9.17) is 10.5 Å². The molecule has 0 bridgehead atoms. The number of ether oxygens (including phenoxy) is 1. The second kappa shape index (κ2) is 13.4. The van der Waals surface area contributed by atoms with Crippen LogP contribution in [0.1, 0.15) is 36.2 Å². The predicted molar refractivity (Wildman–Crippen MR) is 181 cm³/mol. The number of carbonyl (C=O) groups is 4. The number of hydrogen-bond donors (Lipinski definition) is 3. The van der Waals surface area contributed by atoms with Crippen LogP contribution >= 0.6 is 0 Å². The number of carboxylic acids is 1. The van der Waals surface area contributed by atoms with Crippen LogP contribution in [0.25, 0.3) is 11.0 Å². The van der Waals surface area contributed by atoms with E-state index in [1.54, 1.807) is 26.5 Å². The first-order chi connectivity index (χ1) is 24.4. The lowest BCUT2D eigenvalue weighted by Crippen LogP contribution is -2.52. The molecule has 1 saturated carbocycles. The number of benzene rings is 1. The molecule has 3 saturated heterocycles. The number of piperazine rings is 1. The van der Waals surface area contributed by atoms with Crippen molar-refractivity contribution in [3.8, 4) is 0 Å². The lowest BCUT2D eigenvalue weighted by Gasteiger charge is -2.38. The predicted octanol–water partition coefficient (Wildman–Crippen LogP) is 1.53. The van der Waals surface area contributed by atoms with Crippen molar-refractivity contribution in [2.75, 3.05) is 73.6 Å². The van der Waals surface area contributed by atoms with Crippen molar-refractivity contribution >= 4 is 52.1 Å². The molecule has 7 rings (SSSR count). The fourth-order valence-electron chi connectivity index (χ4n) is 7.22. The number of amides is 3. The lowest BCUT2D eigenvalue weighted by molar-refractivity contribution is -0.136. The molecular weight excluding hydrogens is 670 g/mol. The zero-order chi connectivity index (χ0) is 36.1. The average molecular weight is 709 g/mol. The van der Waals surface area contributed by atoms with Crippen LogP contribution in [0.15, 0.2) is 35.3 Å². The Balaban J connectivity index is 1.02. The first kappa shape index (κ1) is 34.1. The molecule has 51 heavy (non-hydrogen) atoms. The molecule has 270 valence electrons. The maximum atomic E-state index is 15.6. The van der Waals surface area contributed by atoms with Crippen molar-refractivity contribution in [1.29, 1.82) is 0 Å². The van der Waals surface area contributed by atoms with Crippen molar-refractivity contribution < 1.29 is 37.8 Å². The number of pyridine rings is 2. The van der Waals surface area contributed by atoms with Crippen molar-refractivity contribution in [2.24, 2.45) is 17.6 Å². The number of carboxylic acid groups (broad SMARTS) is 1. The molecule has 5 heterocycles. The molecule has 3 aliphatic heterocycles. The number of nitrogens with two attached hydrogens (primary N) is 1. The quantitative estimate of drug-likeness (QED) is 0.293. The molecule has 0 radical (unpaired) electrons. The van der Waals surface area contributed by atoms with E-state index in [0.29, 0.717) is 37.6 Å². The van der Waals surface area contributed by atoms with Gasteiger partial charge in [0.25, 0.3) is 0 Å². The minimum Gasteiger partial charge on any atom is -0.477 e.